The Labute approximate surface area is 218 Å². The summed E-state index contributed by atoms with van der Waals surface area (Å²) in [6.45, 7) is 13.4. The van der Waals surface area contributed by atoms with E-state index in [-0.39, 0.29) is 5.41 Å². The third-order valence-corrected chi connectivity index (χ3v) is 7.29. The normalized spacial score (nSPS) is 12.4. The van der Waals surface area contributed by atoms with Gasteiger partial charge in [0.15, 0.2) is 5.58 Å². The molecule has 3 heteroatoms. The van der Waals surface area contributed by atoms with Crippen LogP contribution in [0.4, 0.5) is 0 Å². The van der Waals surface area contributed by atoms with E-state index >= 15 is 0 Å². The predicted octanol–water partition coefficient (Wildman–Crippen LogP) is 9.87. The zero-order valence-corrected chi connectivity index (χ0v) is 22.5. The van der Waals surface area contributed by atoms with Gasteiger partial charge in [-0.25, -0.2) is 4.98 Å². The van der Waals surface area contributed by atoms with Crippen LogP contribution in [-0.4, -0.2) is 4.98 Å². The molecule has 0 unspecified atom stereocenters. The van der Waals surface area contributed by atoms with Gasteiger partial charge >= 0.3 is 0 Å². The van der Waals surface area contributed by atoms with Crippen LogP contribution >= 0.6 is 0 Å². The second-order valence-electron chi connectivity index (χ2n) is 11.6. The molecule has 0 aliphatic rings. The number of furan rings is 2. The van der Waals surface area contributed by atoms with Gasteiger partial charge in [0, 0.05) is 28.1 Å². The first-order chi connectivity index (χ1) is 17.7. The lowest BCUT2D eigenvalue weighted by Crippen LogP contribution is -2.12. The second-order valence-corrected chi connectivity index (χ2v) is 11.6. The van der Waals surface area contributed by atoms with Crippen LogP contribution in [0, 0.1) is 12.8 Å². The van der Waals surface area contributed by atoms with Gasteiger partial charge in [-0.2, -0.15) is 0 Å². The van der Waals surface area contributed by atoms with Gasteiger partial charge in [-0.1, -0.05) is 71.0 Å². The van der Waals surface area contributed by atoms with Gasteiger partial charge in [0.05, 0.1) is 12.0 Å². The third-order valence-electron chi connectivity index (χ3n) is 7.29. The highest BCUT2D eigenvalue weighted by Crippen LogP contribution is 2.39. The lowest BCUT2D eigenvalue weighted by Gasteiger charge is -2.23. The lowest BCUT2D eigenvalue weighted by atomic mass is 9.82. The monoisotopic (exact) mass is 487 g/mol. The van der Waals surface area contributed by atoms with Crippen molar-refractivity contribution in [3.05, 3.63) is 89.9 Å². The van der Waals surface area contributed by atoms with Crippen molar-refractivity contribution in [2.75, 3.05) is 0 Å². The van der Waals surface area contributed by atoms with Crippen LogP contribution < -0.4 is 0 Å². The molecule has 6 aromatic rings. The maximum Gasteiger partial charge on any atom is 0.160 e. The summed E-state index contributed by atoms with van der Waals surface area (Å²) >= 11 is 0. The van der Waals surface area contributed by atoms with Crippen molar-refractivity contribution in [2.45, 2.75) is 53.4 Å². The summed E-state index contributed by atoms with van der Waals surface area (Å²) in [5, 5.41) is 3.72. The molecule has 186 valence electrons. The van der Waals surface area contributed by atoms with Crippen LogP contribution in [0.5, 0.6) is 0 Å². The quantitative estimate of drug-likeness (QED) is 0.248. The van der Waals surface area contributed by atoms with E-state index in [9.17, 15) is 0 Å². The Hall–Kier alpha value is -3.85. The largest absolute Gasteiger partial charge is 0.462 e. The number of hydrogen-bond donors (Lipinski definition) is 0. The first-order valence-electron chi connectivity index (χ1n) is 13.1. The molecule has 0 fully saturated rings. The zero-order chi connectivity index (χ0) is 25.9. The molecule has 0 aliphatic heterocycles. The van der Waals surface area contributed by atoms with Gasteiger partial charge in [0.1, 0.15) is 16.9 Å². The molecule has 0 bridgehead atoms. The topological polar surface area (TPSA) is 39.2 Å². The summed E-state index contributed by atoms with van der Waals surface area (Å²) in [6.07, 6.45) is 2.74. The lowest BCUT2D eigenvalue weighted by molar-refractivity contribution is 0.560. The molecule has 0 radical (unpaired) electrons. The highest BCUT2D eigenvalue weighted by atomic mass is 16.3. The Morgan fingerprint density at radius 3 is 2.46 bits per heavy atom. The minimum atomic E-state index is 0.00800. The van der Waals surface area contributed by atoms with Gasteiger partial charge in [-0.05, 0) is 70.8 Å². The number of hydrogen-bond acceptors (Lipinski definition) is 3. The van der Waals surface area contributed by atoms with Crippen molar-refractivity contribution in [3.8, 4) is 22.4 Å². The smallest absolute Gasteiger partial charge is 0.160 e. The molecule has 0 amide bonds. The number of fused-ring (bicyclic) bond motifs is 3. The SMILES string of the molecule is Cc1oc2cc(-c3cc(-c4cc(C(C)(C)C)c5ccccc5c4)nc4ccoc34)ccc2c1CC(C)C. The Morgan fingerprint density at radius 2 is 1.68 bits per heavy atom. The number of aromatic nitrogens is 1. The van der Waals surface area contributed by atoms with E-state index in [0.29, 0.717) is 5.92 Å². The minimum absolute atomic E-state index is 0.00800. The molecule has 0 N–H and O–H groups in total. The molecule has 3 aromatic carbocycles. The first kappa shape index (κ1) is 23.5. The Morgan fingerprint density at radius 1 is 0.865 bits per heavy atom. The summed E-state index contributed by atoms with van der Waals surface area (Å²) in [6, 6.07) is 23.8. The highest BCUT2D eigenvalue weighted by molar-refractivity contribution is 5.97. The highest BCUT2D eigenvalue weighted by Gasteiger charge is 2.20. The molecule has 0 saturated carbocycles. The molecule has 0 spiro atoms. The zero-order valence-electron chi connectivity index (χ0n) is 22.5. The van der Waals surface area contributed by atoms with Crippen molar-refractivity contribution in [2.24, 2.45) is 5.92 Å². The maximum absolute atomic E-state index is 6.23. The van der Waals surface area contributed by atoms with Gasteiger partial charge in [-0.3, -0.25) is 0 Å². The number of pyridine rings is 1. The van der Waals surface area contributed by atoms with E-state index in [0.717, 1.165) is 51.2 Å². The number of nitrogens with zero attached hydrogens (tertiary/aromatic N) is 1. The molecule has 3 heterocycles. The van der Waals surface area contributed by atoms with Gasteiger partial charge in [0.25, 0.3) is 0 Å². The van der Waals surface area contributed by atoms with Crippen LogP contribution in [-0.2, 0) is 11.8 Å². The average molecular weight is 488 g/mol. The fourth-order valence-electron chi connectivity index (χ4n) is 5.50. The van der Waals surface area contributed by atoms with E-state index < -0.39 is 0 Å². The molecular weight excluding hydrogens is 454 g/mol. The molecule has 3 aromatic heterocycles. The molecule has 37 heavy (non-hydrogen) atoms. The summed E-state index contributed by atoms with van der Waals surface area (Å²) < 4.78 is 12.2. The van der Waals surface area contributed by atoms with Gasteiger partial charge in [0.2, 0.25) is 0 Å². The molecule has 0 saturated heterocycles. The van der Waals surface area contributed by atoms with Crippen molar-refractivity contribution >= 4 is 32.8 Å². The van der Waals surface area contributed by atoms with Crippen molar-refractivity contribution in [1.29, 1.82) is 0 Å². The van der Waals surface area contributed by atoms with Gasteiger partial charge in [-0.15, -0.1) is 0 Å². The fourth-order valence-corrected chi connectivity index (χ4v) is 5.50. The molecule has 6 rings (SSSR count). The van der Waals surface area contributed by atoms with E-state index in [4.69, 9.17) is 13.8 Å². The summed E-state index contributed by atoms with van der Waals surface area (Å²) in [5.74, 6) is 1.58. The number of aryl methyl sites for hydroxylation is 1. The van der Waals surface area contributed by atoms with Gasteiger partial charge < -0.3 is 8.83 Å². The van der Waals surface area contributed by atoms with Crippen LogP contribution in [0.25, 0.3) is 55.2 Å². The predicted molar refractivity (Wildman–Crippen MR) is 154 cm³/mol. The number of rotatable bonds is 4. The first-order valence-corrected chi connectivity index (χ1v) is 13.1. The van der Waals surface area contributed by atoms with E-state index in [1.165, 1.54) is 27.3 Å². The minimum Gasteiger partial charge on any atom is -0.462 e. The molecular formula is C34H33NO2. The van der Waals surface area contributed by atoms with Crippen LogP contribution in [0.15, 0.2) is 81.8 Å². The van der Waals surface area contributed by atoms with E-state index in [1.807, 2.05) is 6.07 Å². The summed E-state index contributed by atoms with van der Waals surface area (Å²) in [5.41, 5.74) is 9.35. The van der Waals surface area contributed by atoms with Crippen LogP contribution in [0.3, 0.4) is 0 Å². The second kappa shape index (κ2) is 8.62. The molecule has 3 nitrogen and oxygen atoms in total. The van der Waals surface area contributed by atoms with Crippen molar-refractivity contribution < 1.29 is 8.83 Å². The van der Waals surface area contributed by atoms with Crippen LogP contribution in [0.2, 0.25) is 0 Å². The van der Waals surface area contributed by atoms with Crippen molar-refractivity contribution in [3.63, 3.8) is 0 Å². The fraction of sp³-hybridized carbons (Fsp3) is 0.265. The molecule has 0 atom stereocenters. The Kier molecular flexibility index (Phi) is 5.49. The van der Waals surface area contributed by atoms with Crippen LogP contribution in [0.1, 0.15) is 51.5 Å². The third kappa shape index (κ3) is 4.13. The standard InChI is InChI=1S/C34H33NO2/c1-20(2)15-27-21(3)37-32-18-23(11-12-26(27)32)28-19-31(35-30-13-14-36-33(28)30)24-16-22-9-7-8-10-25(22)29(17-24)34(4,5)6/h7-14,16-20H,15H2,1-6H3. The Bertz CT molecular complexity index is 1780. The molecule has 0 aliphatic carbocycles. The van der Waals surface area contributed by atoms with E-state index in [2.05, 4.69) is 102 Å². The average Bonchev–Trinajstić information content (AvgIpc) is 3.45. The Balaban J connectivity index is 1.55. The summed E-state index contributed by atoms with van der Waals surface area (Å²) in [7, 11) is 0. The maximum atomic E-state index is 6.23. The summed E-state index contributed by atoms with van der Waals surface area (Å²) in [4.78, 5) is 5.02. The van der Waals surface area contributed by atoms with Crippen molar-refractivity contribution in [1.82, 2.24) is 4.98 Å². The van der Waals surface area contributed by atoms with E-state index in [1.54, 1.807) is 6.26 Å². The number of benzene rings is 3.